The second-order valence-electron chi connectivity index (χ2n) is 7.80. The van der Waals surface area contributed by atoms with Crippen molar-refractivity contribution in [3.63, 3.8) is 0 Å². The Balaban J connectivity index is 2.24. The summed E-state index contributed by atoms with van der Waals surface area (Å²) < 4.78 is 16.8. The molecule has 0 bridgehead atoms. The third-order valence-electron chi connectivity index (χ3n) is 4.31. The van der Waals surface area contributed by atoms with Crippen molar-refractivity contribution in [3.8, 4) is 16.9 Å². The summed E-state index contributed by atoms with van der Waals surface area (Å²) in [7, 11) is 4.44. The summed E-state index contributed by atoms with van der Waals surface area (Å²) in [6.45, 7) is 5.21. The van der Waals surface area contributed by atoms with E-state index in [2.05, 4.69) is 5.32 Å². The number of rotatable bonds is 6. The molecule has 8 heteroatoms. The number of pyridine rings is 1. The summed E-state index contributed by atoms with van der Waals surface area (Å²) in [5.74, 6) is -0.103. The van der Waals surface area contributed by atoms with Gasteiger partial charge < -0.3 is 24.1 Å². The summed E-state index contributed by atoms with van der Waals surface area (Å²) in [6, 6.07) is 7.94. The largest absolute Gasteiger partial charge is 0.496 e. The maximum Gasteiger partial charge on any atom is 0.408 e. The van der Waals surface area contributed by atoms with Crippen molar-refractivity contribution < 1.29 is 23.8 Å². The number of amides is 1. The fraction of sp³-hybridized carbons (Fsp3) is 0.409. The zero-order chi connectivity index (χ0) is 22.5. The molecule has 1 amide bonds. The van der Waals surface area contributed by atoms with E-state index in [1.807, 2.05) is 0 Å². The molecule has 0 unspecified atom stereocenters. The van der Waals surface area contributed by atoms with Crippen molar-refractivity contribution in [1.29, 1.82) is 0 Å². The number of carbonyl (C=O) groups is 2. The van der Waals surface area contributed by atoms with Gasteiger partial charge in [-0.3, -0.25) is 4.79 Å². The van der Waals surface area contributed by atoms with Gasteiger partial charge in [0.25, 0.3) is 5.56 Å². The average Bonchev–Trinajstić information content (AvgIpc) is 2.68. The number of ether oxygens (including phenoxy) is 3. The van der Waals surface area contributed by atoms with E-state index in [0.29, 0.717) is 16.9 Å². The first-order valence-electron chi connectivity index (χ1n) is 9.46. The molecule has 162 valence electrons. The minimum atomic E-state index is -0.908. The van der Waals surface area contributed by atoms with Crippen LogP contribution >= 0.6 is 0 Å². The predicted octanol–water partition coefficient (Wildman–Crippen LogP) is 2.67. The Bertz CT molecular complexity index is 957. The molecule has 0 spiro atoms. The number of alkyl carbamates (subject to hydrolysis) is 1. The molecule has 0 saturated heterocycles. The quantitative estimate of drug-likeness (QED) is 0.728. The van der Waals surface area contributed by atoms with Gasteiger partial charge in [0.1, 0.15) is 17.4 Å². The van der Waals surface area contributed by atoms with Crippen LogP contribution in [-0.2, 0) is 27.7 Å². The average molecular weight is 416 g/mol. The number of carbonyl (C=O) groups excluding carboxylic acids is 2. The zero-order valence-corrected chi connectivity index (χ0v) is 18.1. The first-order valence-corrected chi connectivity index (χ1v) is 9.46. The summed E-state index contributed by atoms with van der Waals surface area (Å²) >= 11 is 0. The van der Waals surface area contributed by atoms with Crippen molar-refractivity contribution in [2.75, 3.05) is 14.2 Å². The monoisotopic (exact) mass is 416 g/mol. The fourth-order valence-corrected chi connectivity index (χ4v) is 2.88. The van der Waals surface area contributed by atoms with Crippen molar-refractivity contribution in [2.45, 2.75) is 38.8 Å². The van der Waals surface area contributed by atoms with Gasteiger partial charge in [-0.15, -0.1) is 0 Å². The predicted molar refractivity (Wildman–Crippen MR) is 113 cm³/mol. The van der Waals surface area contributed by atoms with E-state index in [4.69, 9.17) is 14.2 Å². The van der Waals surface area contributed by atoms with Crippen molar-refractivity contribution in [2.24, 2.45) is 7.05 Å². The van der Waals surface area contributed by atoms with E-state index in [0.717, 1.165) is 5.56 Å². The Kier molecular flexibility index (Phi) is 7.26. The number of methoxy groups -OCH3 is 2. The molecule has 1 atom stereocenters. The van der Waals surface area contributed by atoms with Gasteiger partial charge in [0.2, 0.25) is 0 Å². The molecule has 0 aliphatic carbocycles. The Morgan fingerprint density at radius 3 is 2.27 bits per heavy atom. The lowest BCUT2D eigenvalue weighted by Gasteiger charge is -2.22. The van der Waals surface area contributed by atoms with Gasteiger partial charge in [-0.2, -0.15) is 0 Å². The molecule has 8 nitrogen and oxygen atoms in total. The molecule has 1 heterocycles. The highest BCUT2D eigenvalue weighted by Gasteiger charge is 2.25. The van der Waals surface area contributed by atoms with Gasteiger partial charge in [-0.1, -0.05) is 24.3 Å². The molecule has 1 aromatic carbocycles. The lowest BCUT2D eigenvalue weighted by atomic mass is 10.0. The van der Waals surface area contributed by atoms with Gasteiger partial charge >= 0.3 is 12.1 Å². The molecule has 0 aliphatic heterocycles. The maximum absolute atomic E-state index is 12.5. The Hall–Kier alpha value is -3.29. The van der Waals surface area contributed by atoms with Gasteiger partial charge in [0, 0.05) is 19.7 Å². The molecule has 0 saturated carbocycles. The lowest BCUT2D eigenvalue weighted by Crippen LogP contribution is -2.45. The smallest absolute Gasteiger partial charge is 0.408 e. The zero-order valence-electron chi connectivity index (χ0n) is 18.1. The molecular weight excluding hydrogens is 388 g/mol. The van der Waals surface area contributed by atoms with E-state index < -0.39 is 23.7 Å². The number of aromatic nitrogens is 1. The minimum absolute atomic E-state index is 0.180. The topological polar surface area (TPSA) is 95.9 Å². The van der Waals surface area contributed by atoms with Gasteiger partial charge in [-0.05, 0) is 38.0 Å². The van der Waals surface area contributed by atoms with E-state index in [1.165, 1.54) is 18.8 Å². The van der Waals surface area contributed by atoms with Crippen molar-refractivity contribution in [3.05, 3.63) is 52.4 Å². The minimum Gasteiger partial charge on any atom is -0.496 e. The molecule has 2 rings (SSSR count). The van der Waals surface area contributed by atoms with E-state index in [-0.39, 0.29) is 12.0 Å². The standard InChI is InChI=1S/C22H28N2O6/c1-22(2,3)30-21(27)23-16(20(26)29-6)13-14-7-9-15(10-8-14)18-17(28-5)11-12-24(4)19(18)25/h7-12,16H,13H2,1-6H3,(H,23,27)/t16-/m0/s1. The van der Waals surface area contributed by atoms with Crippen LogP contribution in [0.3, 0.4) is 0 Å². The summed E-state index contributed by atoms with van der Waals surface area (Å²) in [5.41, 5.74) is 1.04. The van der Waals surface area contributed by atoms with Crippen LogP contribution in [0.5, 0.6) is 5.75 Å². The molecule has 1 N–H and O–H groups in total. The molecule has 1 aromatic heterocycles. The Labute approximate surface area is 175 Å². The lowest BCUT2D eigenvalue weighted by molar-refractivity contribution is -0.143. The van der Waals surface area contributed by atoms with Crippen molar-refractivity contribution in [1.82, 2.24) is 9.88 Å². The van der Waals surface area contributed by atoms with Crippen LogP contribution in [0.2, 0.25) is 0 Å². The van der Waals surface area contributed by atoms with E-state index >= 15 is 0 Å². The highest BCUT2D eigenvalue weighted by atomic mass is 16.6. The molecule has 0 aliphatic rings. The second-order valence-corrected chi connectivity index (χ2v) is 7.80. The molecular formula is C22H28N2O6. The number of benzene rings is 1. The highest BCUT2D eigenvalue weighted by molar-refractivity contribution is 5.81. The van der Waals surface area contributed by atoms with Gasteiger partial charge in [0.05, 0.1) is 19.8 Å². The molecule has 30 heavy (non-hydrogen) atoms. The molecule has 0 fully saturated rings. The van der Waals surface area contributed by atoms with Gasteiger partial charge in [0.15, 0.2) is 0 Å². The normalized spacial score (nSPS) is 12.1. The maximum atomic E-state index is 12.5. The summed E-state index contributed by atoms with van der Waals surface area (Å²) in [4.78, 5) is 36.7. The SMILES string of the molecule is COC(=O)[C@H](Cc1ccc(-c2c(OC)ccn(C)c2=O)cc1)NC(=O)OC(C)(C)C. The van der Waals surface area contributed by atoms with Crippen LogP contribution in [0.4, 0.5) is 4.79 Å². The third kappa shape index (κ3) is 5.85. The molecule has 2 aromatic rings. The van der Waals surface area contributed by atoms with E-state index in [1.54, 1.807) is 64.3 Å². The van der Waals surface area contributed by atoms with Crippen LogP contribution in [0.25, 0.3) is 11.1 Å². The number of hydrogen-bond donors (Lipinski definition) is 1. The third-order valence-corrected chi connectivity index (χ3v) is 4.31. The highest BCUT2D eigenvalue weighted by Crippen LogP contribution is 2.26. The first-order chi connectivity index (χ1) is 14.1. The Morgan fingerprint density at radius 1 is 1.10 bits per heavy atom. The van der Waals surface area contributed by atoms with Crippen LogP contribution in [0.15, 0.2) is 41.3 Å². The van der Waals surface area contributed by atoms with E-state index in [9.17, 15) is 14.4 Å². The van der Waals surface area contributed by atoms with Crippen LogP contribution in [0.1, 0.15) is 26.3 Å². The number of hydrogen-bond acceptors (Lipinski definition) is 6. The summed E-state index contributed by atoms with van der Waals surface area (Å²) in [6.07, 6.45) is 1.14. The van der Waals surface area contributed by atoms with Crippen LogP contribution < -0.4 is 15.6 Å². The molecule has 0 radical (unpaired) electrons. The van der Waals surface area contributed by atoms with Crippen LogP contribution in [-0.4, -0.2) is 42.5 Å². The fourth-order valence-electron chi connectivity index (χ4n) is 2.88. The summed E-state index contributed by atoms with van der Waals surface area (Å²) in [5, 5.41) is 2.54. The number of nitrogens with one attached hydrogen (secondary N) is 1. The number of esters is 1. The Morgan fingerprint density at radius 2 is 1.73 bits per heavy atom. The number of aryl methyl sites for hydroxylation is 1. The van der Waals surface area contributed by atoms with Crippen molar-refractivity contribution >= 4 is 12.1 Å². The first kappa shape index (κ1) is 23.0. The number of nitrogens with zero attached hydrogens (tertiary/aromatic N) is 1. The second kappa shape index (κ2) is 9.47. The van der Waals surface area contributed by atoms with Gasteiger partial charge in [-0.25, -0.2) is 9.59 Å². The van der Waals surface area contributed by atoms with Crippen LogP contribution in [0, 0.1) is 0 Å².